The largest absolute Gasteiger partial charge is 0.467 e. The van der Waals surface area contributed by atoms with Crippen LogP contribution in [0, 0.1) is 0 Å². The molecule has 2 aromatic heterocycles. The zero-order chi connectivity index (χ0) is 18.1. The number of methoxy groups -OCH3 is 1. The number of fused-ring (bicyclic) bond motifs is 1. The number of hydrogen-bond acceptors (Lipinski definition) is 7. The van der Waals surface area contributed by atoms with Crippen molar-refractivity contribution in [1.82, 2.24) is 19.8 Å². The predicted octanol–water partition coefficient (Wildman–Crippen LogP) is 1.56. The fourth-order valence-electron chi connectivity index (χ4n) is 3.12. The summed E-state index contributed by atoms with van der Waals surface area (Å²) in [5.41, 5.74) is 1.60. The van der Waals surface area contributed by atoms with Crippen molar-refractivity contribution in [3.05, 3.63) is 42.5 Å². The van der Waals surface area contributed by atoms with Crippen LogP contribution in [-0.2, 0) is 14.3 Å². The molecule has 1 fully saturated rings. The van der Waals surface area contributed by atoms with Gasteiger partial charge in [0, 0.05) is 12.1 Å². The summed E-state index contributed by atoms with van der Waals surface area (Å²) in [5, 5.41) is 13.1. The van der Waals surface area contributed by atoms with Crippen LogP contribution in [-0.4, -0.2) is 58.2 Å². The number of hydrogen-bond donors (Lipinski definition) is 0. The molecule has 8 nitrogen and oxygen atoms in total. The molecule has 1 aromatic carbocycles. The number of ether oxygens (including phenoxy) is 2. The summed E-state index contributed by atoms with van der Waals surface area (Å²) in [7, 11) is 1.36. The number of morpholine rings is 1. The molecule has 26 heavy (non-hydrogen) atoms. The first-order chi connectivity index (χ1) is 12.7. The van der Waals surface area contributed by atoms with Crippen molar-refractivity contribution >= 4 is 17.4 Å². The van der Waals surface area contributed by atoms with Gasteiger partial charge in [0.1, 0.15) is 5.82 Å². The monoisotopic (exact) mass is 353 g/mol. The van der Waals surface area contributed by atoms with Crippen LogP contribution < -0.4 is 4.90 Å². The summed E-state index contributed by atoms with van der Waals surface area (Å²) in [5.74, 6) is 1.03. The standard InChI is InChI=1S/C18H19N5O3/c1-12-10-22(11-14(26-12)18(24)25-2)16-9-8-15-19-20-17(23(15)21-16)13-6-4-3-5-7-13/h3-9,12,14H,10-11H2,1-2H3/t12-,14?/m1/s1. The van der Waals surface area contributed by atoms with Crippen molar-refractivity contribution in [3.8, 4) is 11.4 Å². The Morgan fingerprint density at radius 1 is 1.15 bits per heavy atom. The minimum absolute atomic E-state index is 0.111. The first kappa shape index (κ1) is 16.5. The molecular formula is C18H19N5O3. The van der Waals surface area contributed by atoms with Crippen LogP contribution >= 0.6 is 0 Å². The van der Waals surface area contributed by atoms with Crippen LogP contribution in [0.2, 0.25) is 0 Å². The number of rotatable bonds is 3. The van der Waals surface area contributed by atoms with Crippen LogP contribution in [0.3, 0.4) is 0 Å². The maximum Gasteiger partial charge on any atom is 0.336 e. The molecule has 1 aliphatic rings. The van der Waals surface area contributed by atoms with E-state index < -0.39 is 6.10 Å². The summed E-state index contributed by atoms with van der Waals surface area (Å²) >= 11 is 0. The minimum Gasteiger partial charge on any atom is -0.467 e. The lowest BCUT2D eigenvalue weighted by molar-refractivity contribution is -0.158. The fraction of sp³-hybridized carbons (Fsp3) is 0.333. The van der Waals surface area contributed by atoms with Crippen molar-refractivity contribution in [2.75, 3.05) is 25.1 Å². The Balaban J connectivity index is 1.69. The van der Waals surface area contributed by atoms with Crippen molar-refractivity contribution < 1.29 is 14.3 Å². The van der Waals surface area contributed by atoms with Gasteiger partial charge in [-0.3, -0.25) is 0 Å². The quantitative estimate of drug-likeness (QED) is 0.661. The van der Waals surface area contributed by atoms with Gasteiger partial charge in [0.15, 0.2) is 17.6 Å². The first-order valence-corrected chi connectivity index (χ1v) is 8.42. The van der Waals surface area contributed by atoms with Gasteiger partial charge >= 0.3 is 5.97 Å². The lowest BCUT2D eigenvalue weighted by atomic mass is 10.2. The first-order valence-electron chi connectivity index (χ1n) is 8.42. The Kier molecular flexibility index (Phi) is 4.26. The smallest absolute Gasteiger partial charge is 0.336 e. The molecule has 134 valence electrons. The molecule has 0 radical (unpaired) electrons. The van der Waals surface area contributed by atoms with E-state index in [9.17, 15) is 4.79 Å². The van der Waals surface area contributed by atoms with E-state index in [1.807, 2.05) is 54.3 Å². The molecular weight excluding hydrogens is 334 g/mol. The Hall–Kier alpha value is -3.00. The molecule has 0 spiro atoms. The summed E-state index contributed by atoms with van der Waals surface area (Å²) in [6, 6.07) is 13.5. The molecule has 1 saturated heterocycles. The molecule has 2 atom stereocenters. The summed E-state index contributed by atoms with van der Waals surface area (Å²) in [4.78, 5) is 13.9. The maximum atomic E-state index is 11.9. The van der Waals surface area contributed by atoms with Crippen LogP contribution in [0.4, 0.5) is 5.82 Å². The third-order valence-electron chi connectivity index (χ3n) is 4.33. The van der Waals surface area contributed by atoms with Gasteiger partial charge in [0.25, 0.3) is 0 Å². The summed E-state index contributed by atoms with van der Waals surface area (Å²) < 4.78 is 12.2. The van der Waals surface area contributed by atoms with Crippen molar-refractivity contribution in [1.29, 1.82) is 0 Å². The number of carbonyl (C=O) groups is 1. The molecule has 0 amide bonds. The Morgan fingerprint density at radius 3 is 2.73 bits per heavy atom. The van der Waals surface area contributed by atoms with E-state index in [1.54, 1.807) is 4.52 Å². The number of nitrogens with zero attached hydrogens (tertiary/aromatic N) is 5. The molecule has 3 aromatic rings. The van der Waals surface area contributed by atoms with Crippen molar-refractivity contribution in [2.45, 2.75) is 19.1 Å². The second-order valence-electron chi connectivity index (χ2n) is 6.21. The van der Waals surface area contributed by atoms with E-state index in [0.717, 1.165) is 11.4 Å². The summed E-state index contributed by atoms with van der Waals surface area (Å²) in [6.45, 7) is 2.95. The number of esters is 1. The lowest BCUT2D eigenvalue weighted by Gasteiger charge is -2.35. The number of carbonyl (C=O) groups excluding carboxylic acids is 1. The van der Waals surface area contributed by atoms with E-state index in [2.05, 4.69) is 10.2 Å². The number of benzene rings is 1. The van der Waals surface area contributed by atoms with Crippen LogP contribution in [0.5, 0.6) is 0 Å². The molecule has 3 heterocycles. The summed E-state index contributed by atoms with van der Waals surface area (Å²) in [6.07, 6.45) is -0.740. The zero-order valence-corrected chi connectivity index (χ0v) is 14.6. The highest BCUT2D eigenvalue weighted by atomic mass is 16.6. The molecule has 1 unspecified atom stereocenters. The van der Waals surface area contributed by atoms with Gasteiger partial charge in [-0.1, -0.05) is 30.3 Å². The Morgan fingerprint density at radius 2 is 1.96 bits per heavy atom. The molecule has 4 rings (SSSR count). The average molecular weight is 353 g/mol. The molecule has 0 N–H and O–H groups in total. The fourth-order valence-corrected chi connectivity index (χ4v) is 3.12. The van der Waals surface area contributed by atoms with Crippen LogP contribution in [0.1, 0.15) is 6.92 Å². The van der Waals surface area contributed by atoms with Gasteiger partial charge in [-0.2, -0.15) is 4.52 Å². The van der Waals surface area contributed by atoms with Gasteiger partial charge in [0.2, 0.25) is 0 Å². The van der Waals surface area contributed by atoms with E-state index in [1.165, 1.54) is 7.11 Å². The van der Waals surface area contributed by atoms with E-state index in [-0.39, 0.29) is 12.1 Å². The van der Waals surface area contributed by atoms with Gasteiger partial charge in [-0.05, 0) is 19.1 Å². The highest BCUT2D eigenvalue weighted by molar-refractivity contribution is 5.75. The second-order valence-corrected chi connectivity index (χ2v) is 6.21. The van der Waals surface area contributed by atoms with Crippen LogP contribution in [0.15, 0.2) is 42.5 Å². The SMILES string of the molecule is COC(=O)C1CN(c2ccc3nnc(-c4ccccc4)n3n2)C[C@@H](C)O1. The van der Waals surface area contributed by atoms with Crippen LogP contribution in [0.25, 0.3) is 17.0 Å². The van der Waals surface area contributed by atoms with E-state index in [0.29, 0.717) is 24.6 Å². The Bertz CT molecular complexity index is 927. The number of aromatic nitrogens is 4. The van der Waals surface area contributed by atoms with E-state index in [4.69, 9.17) is 14.6 Å². The third-order valence-corrected chi connectivity index (χ3v) is 4.33. The number of anilines is 1. The third kappa shape index (κ3) is 2.99. The van der Waals surface area contributed by atoms with Gasteiger partial charge in [-0.25, -0.2) is 4.79 Å². The second kappa shape index (κ2) is 6.72. The van der Waals surface area contributed by atoms with Gasteiger partial charge in [0.05, 0.1) is 19.8 Å². The Labute approximate surface area is 150 Å². The normalized spacial score (nSPS) is 20.3. The predicted molar refractivity (Wildman–Crippen MR) is 94.8 cm³/mol. The molecule has 0 bridgehead atoms. The highest BCUT2D eigenvalue weighted by Gasteiger charge is 2.32. The lowest BCUT2D eigenvalue weighted by Crippen LogP contribution is -2.50. The highest BCUT2D eigenvalue weighted by Crippen LogP contribution is 2.22. The molecule has 0 aliphatic carbocycles. The van der Waals surface area contributed by atoms with Crippen molar-refractivity contribution in [2.24, 2.45) is 0 Å². The molecule has 0 saturated carbocycles. The zero-order valence-electron chi connectivity index (χ0n) is 14.6. The molecule has 1 aliphatic heterocycles. The maximum absolute atomic E-state index is 11.9. The average Bonchev–Trinajstić information content (AvgIpc) is 3.10. The topological polar surface area (TPSA) is 81.9 Å². The van der Waals surface area contributed by atoms with E-state index >= 15 is 0 Å². The molecule has 8 heteroatoms. The van der Waals surface area contributed by atoms with Gasteiger partial charge < -0.3 is 14.4 Å². The minimum atomic E-state index is -0.629. The van der Waals surface area contributed by atoms with Crippen molar-refractivity contribution in [3.63, 3.8) is 0 Å². The van der Waals surface area contributed by atoms with Gasteiger partial charge in [-0.15, -0.1) is 15.3 Å².